The van der Waals surface area contributed by atoms with Gasteiger partial charge in [-0.3, -0.25) is 0 Å². The van der Waals surface area contributed by atoms with Gasteiger partial charge in [-0.1, -0.05) is 6.42 Å². The predicted molar refractivity (Wildman–Crippen MR) is 38.8 cm³/mol. The average Bonchev–Trinajstić information content (AvgIpc) is 1.88. The Kier molecular flexibility index (Phi) is 2.13. The van der Waals surface area contributed by atoms with Crippen LogP contribution >= 0.6 is 0 Å². The van der Waals surface area contributed by atoms with E-state index < -0.39 is 0 Å². The third-order valence-corrected chi connectivity index (χ3v) is 1.95. The van der Waals surface area contributed by atoms with E-state index in [9.17, 15) is 0 Å². The summed E-state index contributed by atoms with van der Waals surface area (Å²) in [6, 6.07) is 0.375. The number of terminal acetylenes is 1. The molecular formula is C8H13N. The molecular weight excluding hydrogens is 110 g/mol. The number of rotatable bonds is 0. The summed E-state index contributed by atoms with van der Waals surface area (Å²) in [6.45, 7) is 0. The van der Waals surface area contributed by atoms with E-state index in [1.165, 1.54) is 12.8 Å². The Hall–Kier alpha value is -0.480. The zero-order chi connectivity index (χ0) is 6.69. The van der Waals surface area contributed by atoms with E-state index in [-0.39, 0.29) is 0 Å². The van der Waals surface area contributed by atoms with Crippen LogP contribution in [0.25, 0.3) is 0 Å². The molecule has 0 spiro atoms. The van der Waals surface area contributed by atoms with E-state index in [2.05, 4.69) is 5.92 Å². The standard InChI is InChI=1S/C8H13N/c1-2-7-4-3-5-8(9)6-7/h1,7-8H,3-6,9H2/t7-,8+/m0/s1. The Balaban J connectivity index is 2.34. The van der Waals surface area contributed by atoms with Crippen molar-refractivity contribution in [1.29, 1.82) is 0 Å². The normalized spacial score (nSPS) is 35.6. The molecule has 1 saturated carbocycles. The van der Waals surface area contributed by atoms with Crippen molar-refractivity contribution in [3.8, 4) is 12.3 Å². The molecule has 0 unspecified atom stereocenters. The van der Waals surface area contributed by atoms with Crippen LogP contribution in [0.1, 0.15) is 25.7 Å². The van der Waals surface area contributed by atoms with Gasteiger partial charge in [0, 0.05) is 12.0 Å². The summed E-state index contributed by atoms with van der Waals surface area (Å²) in [5.74, 6) is 3.22. The van der Waals surface area contributed by atoms with E-state index in [1.807, 2.05) is 0 Å². The van der Waals surface area contributed by atoms with Crippen LogP contribution in [0.15, 0.2) is 0 Å². The molecule has 0 aliphatic heterocycles. The molecule has 50 valence electrons. The first kappa shape index (κ1) is 6.64. The summed E-state index contributed by atoms with van der Waals surface area (Å²) in [5, 5.41) is 0. The van der Waals surface area contributed by atoms with E-state index in [4.69, 9.17) is 12.2 Å². The highest BCUT2D eigenvalue weighted by molar-refractivity contribution is 4.96. The van der Waals surface area contributed by atoms with Gasteiger partial charge in [0.15, 0.2) is 0 Å². The van der Waals surface area contributed by atoms with Gasteiger partial charge in [0.25, 0.3) is 0 Å². The van der Waals surface area contributed by atoms with E-state index in [0.29, 0.717) is 12.0 Å². The topological polar surface area (TPSA) is 26.0 Å². The quantitative estimate of drug-likeness (QED) is 0.480. The fourth-order valence-electron chi connectivity index (χ4n) is 1.38. The molecule has 0 aromatic heterocycles. The second-order valence-corrected chi connectivity index (χ2v) is 2.79. The SMILES string of the molecule is C#C[C@H]1CCC[C@@H](N)C1. The maximum absolute atomic E-state index is 5.71. The molecule has 0 saturated heterocycles. The minimum atomic E-state index is 0.375. The fourth-order valence-corrected chi connectivity index (χ4v) is 1.38. The molecule has 1 nitrogen and oxygen atoms in total. The molecule has 1 fully saturated rings. The number of nitrogens with two attached hydrogens (primary N) is 1. The monoisotopic (exact) mass is 123 g/mol. The van der Waals surface area contributed by atoms with E-state index in [1.54, 1.807) is 0 Å². The first-order chi connectivity index (χ1) is 4.33. The Morgan fingerprint density at radius 3 is 2.67 bits per heavy atom. The van der Waals surface area contributed by atoms with Crippen molar-refractivity contribution in [2.75, 3.05) is 0 Å². The first-order valence-corrected chi connectivity index (χ1v) is 3.54. The van der Waals surface area contributed by atoms with Gasteiger partial charge in [-0.25, -0.2) is 0 Å². The highest BCUT2D eigenvalue weighted by atomic mass is 14.6. The first-order valence-electron chi connectivity index (χ1n) is 3.54. The second kappa shape index (κ2) is 2.89. The molecule has 0 aromatic rings. The maximum atomic E-state index is 5.71. The third-order valence-electron chi connectivity index (χ3n) is 1.95. The van der Waals surface area contributed by atoms with E-state index >= 15 is 0 Å². The summed E-state index contributed by atoms with van der Waals surface area (Å²) < 4.78 is 0. The summed E-state index contributed by atoms with van der Waals surface area (Å²) in [6.07, 6.45) is 9.87. The van der Waals surface area contributed by atoms with Crippen LogP contribution in [0.4, 0.5) is 0 Å². The molecule has 0 amide bonds. The highest BCUT2D eigenvalue weighted by Gasteiger charge is 2.16. The minimum Gasteiger partial charge on any atom is -0.328 e. The fraction of sp³-hybridized carbons (Fsp3) is 0.750. The van der Waals surface area contributed by atoms with Crippen molar-refractivity contribution in [1.82, 2.24) is 0 Å². The Labute approximate surface area is 56.6 Å². The van der Waals surface area contributed by atoms with Gasteiger partial charge in [-0.05, 0) is 19.3 Å². The molecule has 1 heteroatoms. The van der Waals surface area contributed by atoms with Crippen LogP contribution < -0.4 is 5.73 Å². The summed E-state index contributed by atoms with van der Waals surface area (Å²) in [7, 11) is 0. The van der Waals surface area contributed by atoms with Gasteiger partial charge in [0.05, 0.1) is 0 Å². The number of hydrogen-bond acceptors (Lipinski definition) is 1. The zero-order valence-corrected chi connectivity index (χ0v) is 5.64. The Morgan fingerprint density at radius 1 is 1.44 bits per heavy atom. The molecule has 1 aliphatic rings. The molecule has 0 heterocycles. The maximum Gasteiger partial charge on any atom is 0.0214 e. The van der Waals surface area contributed by atoms with Crippen LogP contribution in [0, 0.1) is 18.3 Å². The largest absolute Gasteiger partial charge is 0.328 e. The zero-order valence-electron chi connectivity index (χ0n) is 5.64. The van der Waals surface area contributed by atoms with Gasteiger partial charge in [0.1, 0.15) is 0 Å². The predicted octanol–water partition coefficient (Wildman–Crippen LogP) is 1.14. The van der Waals surface area contributed by atoms with Crippen LogP contribution in [0.5, 0.6) is 0 Å². The Morgan fingerprint density at radius 2 is 2.22 bits per heavy atom. The molecule has 2 N–H and O–H groups in total. The molecule has 0 aromatic carbocycles. The molecule has 1 aliphatic carbocycles. The van der Waals surface area contributed by atoms with Crippen molar-refractivity contribution in [3.63, 3.8) is 0 Å². The lowest BCUT2D eigenvalue weighted by Gasteiger charge is -2.22. The van der Waals surface area contributed by atoms with Crippen LogP contribution in [0.3, 0.4) is 0 Å². The minimum absolute atomic E-state index is 0.375. The molecule has 0 bridgehead atoms. The lowest BCUT2D eigenvalue weighted by Crippen LogP contribution is -2.26. The second-order valence-electron chi connectivity index (χ2n) is 2.79. The molecule has 0 radical (unpaired) electrons. The molecule has 2 atom stereocenters. The lowest BCUT2D eigenvalue weighted by molar-refractivity contribution is 0.381. The van der Waals surface area contributed by atoms with Gasteiger partial charge in [-0.15, -0.1) is 12.3 Å². The Bertz CT molecular complexity index is 123. The average molecular weight is 123 g/mol. The van der Waals surface area contributed by atoms with Gasteiger partial charge >= 0.3 is 0 Å². The highest BCUT2D eigenvalue weighted by Crippen LogP contribution is 2.21. The lowest BCUT2D eigenvalue weighted by atomic mass is 9.87. The summed E-state index contributed by atoms with van der Waals surface area (Å²) in [4.78, 5) is 0. The van der Waals surface area contributed by atoms with Crippen molar-refractivity contribution in [2.45, 2.75) is 31.7 Å². The van der Waals surface area contributed by atoms with Crippen molar-refractivity contribution >= 4 is 0 Å². The third kappa shape index (κ3) is 1.73. The molecule has 9 heavy (non-hydrogen) atoms. The van der Waals surface area contributed by atoms with Gasteiger partial charge < -0.3 is 5.73 Å². The van der Waals surface area contributed by atoms with Crippen LogP contribution in [0.2, 0.25) is 0 Å². The summed E-state index contributed by atoms with van der Waals surface area (Å²) in [5.41, 5.74) is 5.71. The van der Waals surface area contributed by atoms with Gasteiger partial charge in [-0.2, -0.15) is 0 Å². The number of hydrogen-bond donors (Lipinski definition) is 1. The summed E-state index contributed by atoms with van der Waals surface area (Å²) >= 11 is 0. The smallest absolute Gasteiger partial charge is 0.0214 e. The van der Waals surface area contributed by atoms with Crippen molar-refractivity contribution < 1.29 is 0 Å². The van der Waals surface area contributed by atoms with Gasteiger partial charge in [0.2, 0.25) is 0 Å². The van der Waals surface area contributed by atoms with E-state index in [0.717, 1.165) is 12.8 Å². The van der Waals surface area contributed by atoms with Crippen molar-refractivity contribution in [2.24, 2.45) is 11.7 Å². The van der Waals surface area contributed by atoms with Crippen molar-refractivity contribution in [3.05, 3.63) is 0 Å². The molecule has 1 rings (SSSR count). The van der Waals surface area contributed by atoms with Crippen LogP contribution in [-0.4, -0.2) is 6.04 Å². The van der Waals surface area contributed by atoms with Crippen LogP contribution in [-0.2, 0) is 0 Å².